The Morgan fingerprint density at radius 2 is 2.05 bits per heavy atom. The molecule has 1 unspecified atom stereocenters. The second-order valence-corrected chi connectivity index (χ2v) is 7.36. The van der Waals surface area contributed by atoms with Gasteiger partial charge in [0.25, 0.3) is 0 Å². The molecule has 1 aromatic carbocycles. The summed E-state index contributed by atoms with van der Waals surface area (Å²) in [5.41, 5.74) is 1.45. The molecule has 0 saturated carbocycles. The van der Waals surface area contributed by atoms with E-state index in [0.29, 0.717) is 6.04 Å². The largest absolute Gasteiger partial charge is 0.302 e. The third kappa shape index (κ3) is 4.42. The average Bonchev–Trinajstić information content (AvgIpc) is 3.07. The maximum absolute atomic E-state index is 2.62. The first kappa shape index (κ1) is 15.7. The lowest BCUT2D eigenvalue weighted by atomic mass is 10.0. The highest BCUT2D eigenvalue weighted by atomic mass is 32.1. The summed E-state index contributed by atoms with van der Waals surface area (Å²) in [6.07, 6.45) is 3.82. The van der Waals surface area contributed by atoms with Crippen molar-refractivity contribution in [3.05, 3.63) is 58.3 Å². The normalized spacial score (nSPS) is 19.6. The highest BCUT2D eigenvalue weighted by Gasteiger charge is 2.23. The van der Waals surface area contributed by atoms with Crippen LogP contribution in [0.15, 0.2) is 47.8 Å². The van der Waals surface area contributed by atoms with Crippen LogP contribution >= 0.6 is 11.3 Å². The molecule has 118 valence electrons. The number of piperidine rings is 1. The fourth-order valence-corrected chi connectivity index (χ4v) is 4.04. The molecule has 0 bridgehead atoms. The lowest BCUT2D eigenvalue weighted by molar-refractivity contribution is 0.113. The molecular weight excluding hydrogens is 288 g/mol. The van der Waals surface area contributed by atoms with Crippen molar-refractivity contribution in [2.45, 2.75) is 31.8 Å². The standard InChI is InChI=1S/C19H26N2S/c1-20(13-11-17-7-3-2-4-8-17)18-9-5-12-21(15-18)16-19-10-6-14-22-19/h2-4,6-8,10,14,18H,5,9,11-13,15-16H2,1H3. The SMILES string of the molecule is CN(CCc1ccccc1)C1CCCN(Cc2cccs2)C1. The van der Waals surface area contributed by atoms with Crippen LogP contribution in [-0.2, 0) is 13.0 Å². The summed E-state index contributed by atoms with van der Waals surface area (Å²) >= 11 is 1.88. The smallest absolute Gasteiger partial charge is 0.0328 e. The van der Waals surface area contributed by atoms with Gasteiger partial charge in [0.2, 0.25) is 0 Å². The van der Waals surface area contributed by atoms with Crippen LogP contribution in [0.1, 0.15) is 23.3 Å². The van der Waals surface area contributed by atoms with Gasteiger partial charge < -0.3 is 4.90 Å². The van der Waals surface area contributed by atoms with Crippen molar-refractivity contribution in [2.75, 3.05) is 26.7 Å². The summed E-state index contributed by atoms with van der Waals surface area (Å²) < 4.78 is 0. The van der Waals surface area contributed by atoms with E-state index in [-0.39, 0.29) is 0 Å². The number of nitrogens with zero attached hydrogens (tertiary/aromatic N) is 2. The first-order valence-corrected chi connectivity index (χ1v) is 9.18. The quantitative estimate of drug-likeness (QED) is 0.798. The molecule has 3 heteroatoms. The lowest BCUT2D eigenvalue weighted by Crippen LogP contribution is -2.46. The molecule has 0 aliphatic carbocycles. The highest BCUT2D eigenvalue weighted by molar-refractivity contribution is 7.09. The van der Waals surface area contributed by atoms with Crippen molar-refractivity contribution in [3.63, 3.8) is 0 Å². The Morgan fingerprint density at radius 1 is 1.18 bits per heavy atom. The zero-order valence-corrected chi connectivity index (χ0v) is 14.3. The van der Waals surface area contributed by atoms with Gasteiger partial charge >= 0.3 is 0 Å². The Hall–Kier alpha value is -1.16. The number of rotatable bonds is 6. The summed E-state index contributed by atoms with van der Waals surface area (Å²) in [4.78, 5) is 6.68. The van der Waals surface area contributed by atoms with Gasteiger partial charge in [-0.1, -0.05) is 36.4 Å². The second kappa shape index (κ2) is 7.91. The first-order valence-electron chi connectivity index (χ1n) is 8.30. The summed E-state index contributed by atoms with van der Waals surface area (Å²) in [6.45, 7) is 4.74. The minimum absolute atomic E-state index is 0.706. The number of hydrogen-bond donors (Lipinski definition) is 0. The molecule has 1 saturated heterocycles. The summed E-state index contributed by atoms with van der Waals surface area (Å²) in [5.74, 6) is 0. The second-order valence-electron chi connectivity index (χ2n) is 6.33. The van der Waals surface area contributed by atoms with Crippen LogP contribution in [0.5, 0.6) is 0 Å². The van der Waals surface area contributed by atoms with E-state index in [9.17, 15) is 0 Å². The average molecular weight is 314 g/mol. The maximum Gasteiger partial charge on any atom is 0.0328 e. The molecule has 1 fully saturated rings. The maximum atomic E-state index is 2.62. The van der Waals surface area contributed by atoms with Gasteiger partial charge in [-0.2, -0.15) is 0 Å². The van der Waals surface area contributed by atoms with Crippen LogP contribution in [0.3, 0.4) is 0 Å². The number of hydrogen-bond acceptors (Lipinski definition) is 3. The van der Waals surface area contributed by atoms with Crippen molar-refractivity contribution >= 4 is 11.3 Å². The number of benzene rings is 1. The predicted octanol–water partition coefficient (Wildman–Crippen LogP) is 3.89. The van der Waals surface area contributed by atoms with Crippen molar-refractivity contribution in [3.8, 4) is 0 Å². The molecular formula is C19H26N2S. The van der Waals surface area contributed by atoms with Crippen molar-refractivity contribution in [1.82, 2.24) is 9.80 Å². The van der Waals surface area contributed by atoms with E-state index in [0.717, 1.165) is 19.5 Å². The molecule has 1 aliphatic rings. The van der Waals surface area contributed by atoms with Gasteiger partial charge in [0.05, 0.1) is 0 Å². The summed E-state index contributed by atoms with van der Waals surface area (Å²) in [5, 5.41) is 2.18. The van der Waals surface area contributed by atoms with Crippen molar-refractivity contribution < 1.29 is 0 Å². The van der Waals surface area contributed by atoms with Crippen LogP contribution in [0, 0.1) is 0 Å². The Kier molecular flexibility index (Phi) is 5.65. The van der Waals surface area contributed by atoms with Gasteiger partial charge in [-0.05, 0) is 49.9 Å². The number of thiophene rings is 1. The lowest BCUT2D eigenvalue weighted by Gasteiger charge is -2.37. The topological polar surface area (TPSA) is 6.48 Å². The molecule has 0 amide bonds. The molecule has 3 rings (SSSR count). The number of likely N-dealkylation sites (N-methyl/N-ethyl adjacent to an activating group) is 1. The van der Waals surface area contributed by atoms with E-state index in [2.05, 4.69) is 64.7 Å². The molecule has 2 nitrogen and oxygen atoms in total. The van der Waals surface area contributed by atoms with Crippen LogP contribution in [-0.4, -0.2) is 42.5 Å². The van der Waals surface area contributed by atoms with E-state index in [1.54, 1.807) is 0 Å². The van der Waals surface area contributed by atoms with E-state index in [1.807, 2.05) is 11.3 Å². The van der Waals surface area contributed by atoms with Crippen LogP contribution < -0.4 is 0 Å². The third-order valence-corrected chi connectivity index (χ3v) is 5.52. The Bertz CT molecular complexity index is 538. The molecule has 1 atom stereocenters. The molecule has 0 spiro atoms. The van der Waals surface area contributed by atoms with Gasteiger partial charge in [0.15, 0.2) is 0 Å². The van der Waals surface area contributed by atoms with Gasteiger partial charge in [-0.3, -0.25) is 4.90 Å². The molecule has 1 aromatic heterocycles. The fourth-order valence-electron chi connectivity index (χ4n) is 3.29. The van der Waals surface area contributed by atoms with Crippen molar-refractivity contribution in [2.24, 2.45) is 0 Å². The zero-order valence-electron chi connectivity index (χ0n) is 13.4. The monoisotopic (exact) mass is 314 g/mol. The van der Waals surface area contributed by atoms with Crippen LogP contribution in [0.2, 0.25) is 0 Å². The van der Waals surface area contributed by atoms with E-state index >= 15 is 0 Å². The third-order valence-electron chi connectivity index (χ3n) is 4.66. The fraction of sp³-hybridized carbons (Fsp3) is 0.474. The van der Waals surface area contributed by atoms with E-state index in [4.69, 9.17) is 0 Å². The molecule has 0 N–H and O–H groups in total. The van der Waals surface area contributed by atoms with E-state index < -0.39 is 0 Å². The minimum atomic E-state index is 0.706. The summed E-state index contributed by atoms with van der Waals surface area (Å²) in [7, 11) is 2.29. The van der Waals surface area contributed by atoms with Crippen LogP contribution in [0.25, 0.3) is 0 Å². The number of likely N-dealkylation sites (tertiary alicyclic amines) is 1. The van der Waals surface area contributed by atoms with Crippen LogP contribution in [0.4, 0.5) is 0 Å². The predicted molar refractivity (Wildman–Crippen MR) is 95.4 cm³/mol. The Balaban J connectivity index is 1.48. The first-order chi connectivity index (χ1) is 10.8. The molecule has 22 heavy (non-hydrogen) atoms. The molecule has 2 aromatic rings. The van der Waals surface area contributed by atoms with Gasteiger partial charge in [-0.15, -0.1) is 11.3 Å². The zero-order chi connectivity index (χ0) is 15.2. The van der Waals surface area contributed by atoms with Gasteiger partial charge in [0, 0.05) is 30.6 Å². The van der Waals surface area contributed by atoms with E-state index in [1.165, 1.54) is 36.4 Å². The Morgan fingerprint density at radius 3 is 2.82 bits per heavy atom. The highest BCUT2D eigenvalue weighted by Crippen LogP contribution is 2.19. The summed E-state index contributed by atoms with van der Waals surface area (Å²) in [6, 6.07) is 16.0. The molecule has 0 radical (unpaired) electrons. The van der Waals surface area contributed by atoms with Crippen molar-refractivity contribution in [1.29, 1.82) is 0 Å². The molecule has 2 heterocycles. The molecule has 1 aliphatic heterocycles. The minimum Gasteiger partial charge on any atom is -0.302 e. The van der Waals surface area contributed by atoms with Gasteiger partial charge in [0.1, 0.15) is 0 Å². The van der Waals surface area contributed by atoms with Gasteiger partial charge in [-0.25, -0.2) is 0 Å². The Labute approximate surface area is 138 Å².